The number of halogens is 2. The number of fused-ring (bicyclic) bond motifs is 1. The van der Waals surface area contributed by atoms with E-state index >= 15 is 0 Å². The zero-order valence-corrected chi connectivity index (χ0v) is 19.1. The average Bonchev–Trinajstić information content (AvgIpc) is 3.16. The highest BCUT2D eigenvalue weighted by Crippen LogP contribution is 2.43. The summed E-state index contributed by atoms with van der Waals surface area (Å²) >= 11 is 2.16. The Bertz CT molecular complexity index is 1340. The largest absolute Gasteiger partial charge is 0.244 e. The first-order valence-electron chi connectivity index (χ1n) is 10.1. The molecule has 5 rings (SSSR count). The number of rotatable bonds is 4. The van der Waals surface area contributed by atoms with Crippen molar-refractivity contribution in [3.8, 4) is 6.07 Å². The smallest absolute Gasteiger partial charge is 0.143 e. The van der Waals surface area contributed by atoms with E-state index < -0.39 is 11.4 Å². The zero-order chi connectivity index (χ0) is 22.1. The summed E-state index contributed by atoms with van der Waals surface area (Å²) in [5.41, 5.74) is 2.81. The van der Waals surface area contributed by atoms with Crippen LogP contribution in [0.4, 0.5) is 4.39 Å². The Morgan fingerprint density at radius 2 is 1.25 bits per heavy atom. The van der Waals surface area contributed by atoms with Gasteiger partial charge < -0.3 is 0 Å². The van der Waals surface area contributed by atoms with Crippen molar-refractivity contribution in [1.82, 2.24) is 9.78 Å². The molecule has 5 heteroatoms. The number of nitriles is 1. The summed E-state index contributed by atoms with van der Waals surface area (Å²) in [4.78, 5) is 0. The third kappa shape index (κ3) is 3.10. The van der Waals surface area contributed by atoms with Gasteiger partial charge in [-0.25, -0.2) is 9.07 Å². The second-order valence-electron chi connectivity index (χ2n) is 7.47. The second-order valence-corrected chi connectivity index (χ2v) is 8.49. The molecule has 0 atom stereocenters. The third-order valence-electron chi connectivity index (χ3n) is 5.74. The van der Waals surface area contributed by atoms with Crippen LogP contribution in [0.25, 0.3) is 10.9 Å². The van der Waals surface area contributed by atoms with Crippen LogP contribution < -0.4 is 0 Å². The Kier molecular flexibility index (Phi) is 5.24. The summed E-state index contributed by atoms with van der Waals surface area (Å²) in [6.07, 6.45) is 0. The normalized spacial score (nSPS) is 11.4. The van der Waals surface area contributed by atoms with Gasteiger partial charge in [-0.05, 0) is 45.3 Å². The van der Waals surface area contributed by atoms with Crippen LogP contribution in [0, 0.1) is 20.8 Å². The van der Waals surface area contributed by atoms with Gasteiger partial charge >= 0.3 is 0 Å². The molecular formula is C27H17FIN3. The topological polar surface area (TPSA) is 41.6 Å². The van der Waals surface area contributed by atoms with E-state index in [0.717, 1.165) is 22.1 Å². The summed E-state index contributed by atoms with van der Waals surface area (Å²) in [5, 5.41) is 15.0. The summed E-state index contributed by atoms with van der Waals surface area (Å²) in [6, 6.07) is 35.3. The van der Waals surface area contributed by atoms with Crippen LogP contribution in [0.15, 0.2) is 103 Å². The Hall–Kier alpha value is -3.50. The molecule has 0 spiro atoms. The van der Waals surface area contributed by atoms with Crippen molar-refractivity contribution in [3.05, 3.63) is 135 Å². The van der Waals surface area contributed by atoms with Gasteiger partial charge in [0, 0.05) is 11.5 Å². The summed E-state index contributed by atoms with van der Waals surface area (Å²) in [7, 11) is 0. The molecular weight excluding hydrogens is 512 g/mol. The fourth-order valence-electron chi connectivity index (χ4n) is 4.35. The summed E-state index contributed by atoms with van der Waals surface area (Å²) in [6.45, 7) is 0. The van der Waals surface area contributed by atoms with Crippen molar-refractivity contribution < 1.29 is 4.39 Å². The van der Waals surface area contributed by atoms with Crippen LogP contribution in [0.3, 0.4) is 0 Å². The van der Waals surface area contributed by atoms with E-state index in [9.17, 15) is 9.65 Å². The number of nitrogens with zero attached hydrogens (tertiary/aromatic N) is 3. The molecule has 0 N–H and O–H groups in total. The van der Waals surface area contributed by atoms with Gasteiger partial charge in [0.25, 0.3) is 0 Å². The lowest BCUT2D eigenvalue weighted by atomic mass is 9.77. The highest BCUT2D eigenvalue weighted by molar-refractivity contribution is 14.1. The van der Waals surface area contributed by atoms with Gasteiger partial charge in [0.1, 0.15) is 21.1 Å². The highest BCUT2D eigenvalue weighted by atomic mass is 127. The average molecular weight is 529 g/mol. The van der Waals surface area contributed by atoms with Gasteiger partial charge in [-0.3, -0.25) is 0 Å². The Morgan fingerprint density at radius 1 is 0.781 bits per heavy atom. The molecule has 0 amide bonds. The predicted molar refractivity (Wildman–Crippen MR) is 132 cm³/mol. The zero-order valence-electron chi connectivity index (χ0n) is 16.9. The van der Waals surface area contributed by atoms with Gasteiger partial charge in [0.05, 0.1) is 11.1 Å². The highest BCUT2D eigenvalue weighted by Gasteiger charge is 2.40. The van der Waals surface area contributed by atoms with E-state index in [-0.39, 0.29) is 5.56 Å². The maximum atomic E-state index is 14.8. The van der Waals surface area contributed by atoms with Crippen molar-refractivity contribution in [2.75, 3.05) is 0 Å². The molecule has 154 valence electrons. The first-order valence-corrected chi connectivity index (χ1v) is 11.2. The molecule has 0 aliphatic carbocycles. The minimum atomic E-state index is -0.841. The summed E-state index contributed by atoms with van der Waals surface area (Å²) in [5.74, 6) is -0.555. The minimum Gasteiger partial charge on any atom is -0.244 e. The van der Waals surface area contributed by atoms with Crippen molar-refractivity contribution >= 4 is 33.5 Å². The van der Waals surface area contributed by atoms with E-state index in [4.69, 9.17) is 5.10 Å². The first-order chi connectivity index (χ1) is 15.7. The van der Waals surface area contributed by atoms with Crippen molar-refractivity contribution in [2.45, 2.75) is 5.54 Å². The van der Waals surface area contributed by atoms with E-state index in [1.54, 1.807) is 6.07 Å². The number of benzene rings is 4. The molecule has 0 fully saturated rings. The van der Waals surface area contributed by atoms with Crippen LogP contribution in [0.5, 0.6) is 0 Å². The van der Waals surface area contributed by atoms with E-state index in [0.29, 0.717) is 9.22 Å². The van der Waals surface area contributed by atoms with Crippen LogP contribution in [0.1, 0.15) is 22.3 Å². The Labute approximate surface area is 198 Å². The van der Waals surface area contributed by atoms with Gasteiger partial charge in [-0.15, -0.1) is 0 Å². The quantitative estimate of drug-likeness (QED) is 0.197. The molecule has 0 aliphatic rings. The van der Waals surface area contributed by atoms with Gasteiger partial charge in [-0.1, -0.05) is 91.0 Å². The first kappa shape index (κ1) is 20.4. The van der Waals surface area contributed by atoms with Gasteiger partial charge in [0.15, 0.2) is 0 Å². The number of aromatic nitrogens is 2. The predicted octanol–water partition coefficient (Wildman–Crippen LogP) is 6.49. The molecule has 0 saturated heterocycles. The van der Waals surface area contributed by atoms with Crippen LogP contribution in [-0.4, -0.2) is 9.78 Å². The fraction of sp³-hybridized carbons (Fsp3) is 0.0370. The molecule has 32 heavy (non-hydrogen) atoms. The third-order valence-corrected chi connectivity index (χ3v) is 6.53. The van der Waals surface area contributed by atoms with Gasteiger partial charge in [-0.2, -0.15) is 10.4 Å². The van der Waals surface area contributed by atoms with Crippen LogP contribution in [-0.2, 0) is 5.54 Å². The molecule has 0 saturated carbocycles. The molecule has 3 nitrogen and oxygen atoms in total. The van der Waals surface area contributed by atoms with Crippen LogP contribution >= 0.6 is 22.6 Å². The second kappa shape index (κ2) is 8.21. The van der Waals surface area contributed by atoms with E-state index in [2.05, 4.69) is 59.0 Å². The maximum Gasteiger partial charge on any atom is 0.143 e. The lowest BCUT2D eigenvalue weighted by Crippen LogP contribution is -2.38. The molecule has 0 radical (unpaired) electrons. The van der Waals surface area contributed by atoms with Gasteiger partial charge in [0.2, 0.25) is 0 Å². The molecule has 4 aromatic carbocycles. The SMILES string of the molecule is N#Cc1cc2c(I)nn(C(c3ccccc3)(c3ccccc3)c3ccccc3)c2cc1F. The molecule has 5 aromatic rings. The molecule has 1 heterocycles. The standard InChI is InChI=1S/C27H17FIN3/c28-24-17-25-23(16-19(24)18-30)26(29)31-32(25)27(20-10-4-1-5-11-20,21-12-6-2-7-13-21)22-14-8-3-9-15-22/h1-17H. The summed E-state index contributed by atoms with van der Waals surface area (Å²) < 4.78 is 17.4. The maximum absolute atomic E-state index is 14.8. The fourth-order valence-corrected chi connectivity index (χ4v) is 4.99. The van der Waals surface area contributed by atoms with E-state index in [1.165, 1.54) is 6.07 Å². The van der Waals surface area contributed by atoms with Crippen LogP contribution in [0.2, 0.25) is 0 Å². The van der Waals surface area contributed by atoms with Crippen molar-refractivity contribution in [2.24, 2.45) is 0 Å². The molecule has 1 aromatic heterocycles. The monoisotopic (exact) mass is 529 g/mol. The van der Waals surface area contributed by atoms with Crippen molar-refractivity contribution in [3.63, 3.8) is 0 Å². The van der Waals surface area contributed by atoms with E-state index in [1.807, 2.05) is 65.3 Å². The Morgan fingerprint density at radius 3 is 1.69 bits per heavy atom. The lowest BCUT2D eigenvalue weighted by molar-refractivity contribution is 0.472. The molecule has 0 bridgehead atoms. The van der Waals surface area contributed by atoms with Crippen molar-refractivity contribution in [1.29, 1.82) is 5.26 Å². The lowest BCUT2D eigenvalue weighted by Gasteiger charge is -2.37. The Balaban J connectivity index is 1.99. The number of hydrogen-bond donors (Lipinski definition) is 0. The molecule has 0 unspecified atom stereocenters. The minimum absolute atomic E-state index is 0.0136. The number of hydrogen-bond acceptors (Lipinski definition) is 2. The molecule has 0 aliphatic heterocycles.